The highest BCUT2D eigenvalue weighted by Crippen LogP contribution is 2.45. The summed E-state index contributed by atoms with van der Waals surface area (Å²) >= 11 is 0. The van der Waals surface area contributed by atoms with Gasteiger partial charge in [0.2, 0.25) is 0 Å². The predicted molar refractivity (Wildman–Crippen MR) is 85.3 cm³/mol. The lowest BCUT2D eigenvalue weighted by molar-refractivity contribution is -0.173. The van der Waals surface area contributed by atoms with Gasteiger partial charge in [0, 0.05) is 18.1 Å². The van der Waals surface area contributed by atoms with E-state index in [-0.39, 0.29) is 34.6 Å². The maximum atomic E-state index is 13.9. The van der Waals surface area contributed by atoms with Crippen molar-refractivity contribution in [3.05, 3.63) is 23.4 Å². The Bertz CT molecular complexity index is 869. The fourth-order valence-electron chi connectivity index (χ4n) is 2.54. The molecule has 1 aliphatic heterocycles. The van der Waals surface area contributed by atoms with Gasteiger partial charge >= 0.3 is 12.0 Å². The Labute approximate surface area is 142 Å². The Morgan fingerprint density at radius 1 is 1.28 bits per heavy atom. The van der Waals surface area contributed by atoms with E-state index in [0.717, 1.165) is 6.92 Å². The molecule has 1 aromatic carbocycles. The first kappa shape index (κ1) is 16.7. The molecule has 132 valence electrons. The van der Waals surface area contributed by atoms with Crippen molar-refractivity contribution < 1.29 is 28.1 Å². The van der Waals surface area contributed by atoms with Gasteiger partial charge in [0.15, 0.2) is 34.6 Å². The number of nitrogens with zero attached hydrogens (tertiary/aromatic N) is 2. The van der Waals surface area contributed by atoms with Gasteiger partial charge in [-0.3, -0.25) is 0 Å². The lowest BCUT2D eigenvalue weighted by Crippen LogP contribution is -2.28. The van der Waals surface area contributed by atoms with Crippen LogP contribution in [0.2, 0.25) is 0 Å². The highest BCUT2D eigenvalue weighted by Gasteiger charge is 2.38. The Morgan fingerprint density at radius 2 is 2.00 bits per heavy atom. The number of alkyl halides is 1. The summed E-state index contributed by atoms with van der Waals surface area (Å²) in [5.74, 6) is -0.0800. The molecular formula is C16H16FN3O5. The fourth-order valence-corrected chi connectivity index (χ4v) is 2.54. The number of methoxy groups -OCH3 is 2. The van der Waals surface area contributed by atoms with E-state index in [4.69, 9.17) is 24.7 Å². The van der Waals surface area contributed by atoms with Gasteiger partial charge in [0.25, 0.3) is 0 Å². The highest BCUT2D eigenvalue weighted by molar-refractivity contribution is 5.92. The average molecular weight is 349 g/mol. The second-order valence-corrected chi connectivity index (χ2v) is 5.41. The normalized spacial score (nSPS) is 18.1. The number of ether oxygens (including phenoxy) is 4. The summed E-state index contributed by atoms with van der Waals surface area (Å²) in [4.78, 5) is 20.3. The van der Waals surface area contributed by atoms with Crippen LogP contribution in [0, 0.1) is 6.92 Å². The molecule has 3 rings (SSSR count). The van der Waals surface area contributed by atoms with Gasteiger partial charge in [-0.25, -0.2) is 14.8 Å². The lowest BCUT2D eigenvalue weighted by Gasteiger charge is -2.13. The van der Waals surface area contributed by atoms with Crippen LogP contribution in [-0.4, -0.2) is 36.2 Å². The van der Waals surface area contributed by atoms with Crippen molar-refractivity contribution in [3.8, 4) is 28.6 Å². The van der Waals surface area contributed by atoms with Crippen LogP contribution < -0.4 is 19.9 Å². The number of carbonyl (C=O) groups is 1. The molecule has 9 heteroatoms. The maximum Gasteiger partial charge on any atom is 0.404 e. The molecule has 0 amide bonds. The maximum absolute atomic E-state index is 13.9. The molecule has 1 atom stereocenters. The van der Waals surface area contributed by atoms with E-state index >= 15 is 0 Å². The summed E-state index contributed by atoms with van der Waals surface area (Å²) in [6.45, 7) is 2.85. The third kappa shape index (κ3) is 2.77. The molecule has 25 heavy (non-hydrogen) atoms. The number of rotatable bonds is 3. The number of aromatic nitrogens is 2. The van der Waals surface area contributed by atoms with Crippen molar-refractivity contribution in [1.82, 2.24) is 9.97 Å². The molecule has 2 N–H and O–H groups in total. The zero-order chi connectivity index (χ0) is 18.4. The van der Waals surface area contributed by atoms with Gasteiger partial charge in [-0.2, -0.15) is 4.39 Å². The van der Waals surface area contributed by atoms with Gasteiger partial charge in [-0.1, -0.05) is 0 Å². The average Bonchev–Trinajstić information content (AvgIpc) is 2.89. The number of hydrogen-bond acceptors (Lipinski definition) is 8. The number of anilines is 1. The standard InChI is InChI=1S/C16H16FN3O5/c1-7-8(5-6-9-11(7)25-16(2,17)24-9)14-19-10(15(21)23-4)12(22-3)13(18)20-14/h5-6H,1-4H3,(H2,18,19,20). The van der Waals surface area contributed by atoms with Crippen LogP contribution in [0.15, 0.2) is 12.1 Å². The second-order valence-electron chi connectivity index (χ2n) is 5.41. The van der Waals surface area contributed by atoms with Crippen molar-refractivity contribution in [1.29, 1.82) is 0 Å². The second kappa shape index (κ2) is 5.76. The van der Waals surface area contributed by atoms with E-state index in [1.165, 1.54) is 20.3 Å². The molecule has 2 heterocycles. The first-order valence-electron chi connectivity index (χ1n) is 7.28. The van der Waals surface area contributed by atoms with E-state index in [0.29, 0.717) is 11.1 Å². The number of fused-ring (bicyclic) bond motifs is 1. The Hall–Kier alpha value is -3.10. The summed E-state index contributed by atoms with van der Waals surface area (Å²) in [5.41, 5.74) is 6.80. The molecule has 8 nitrogen and oxygen atoms in total. The van der Waals surface area contributed by atoms with Gasteiger partial charge < -0.3 is 24.7 Å². The summed E-state index contributed by atoms with van der Waals surface area (Å²) in [7, 11) is 2.56. The smallest absolute Gasteiger partial charge is 0.404 e. The minimum absolute atomic E-state index is 0.0188. The first-order valence-corrected chi connectivity index (χ1v) is 7.28. The molecule has 0 saturated carbocycles. The largest absolute Gasteiger partial charge is 0.491 e. The number of benzene rings is 1. The molecule has 0 radical (unpaired) electrons. The monoisotopic (exact) mass is 349 g/mol. The number of carbonyl (C=O) groups excluding carboxylic acids is 1. The Morgan fingerprint density at radius 3 is 2.64 bits per heavy atom. The van der Waals surface area contributed by atoms with E-state index in [9.17, 15) is 9.18 Å². The van der Waals surface area contributed by atoms with Crippen molar-refractivity contribution in [2.75, 3.05) is 20.0 Å². The van der Waals surface area contributed by atoms with Crippen LogP contribution in [0.1, 0.15) is 23.0 Å². The predicted octanol–water partition coefficient (Wildman–Crippen LogP) is 2.24. The lowest BCUT2D eigenvalue weighted by atomic mass is 10.1. The van der Waals surface area contributed by atoms with E-state index in [1.54, 1.807) is 13.0 Å². The molecule has 1 aromatic heterocycles. The quantitative estimate of drug-likeness (QED) is 0.841. The number of hydrogen-bond donors (Lipinski definition) is 1. The summed E-state index contributed by atoms with van der Waals surface area (Å²) in [5, 5.41) is 0. The summed E-state index contributed by atoms with van der Waals surface area (Å²) in [6, 6.07) is 0.911. The summed E-state index contributed by atoms with van der Waals surface area (Å²) < 4.78 is 33.9. The minimum atomic E-state index is -2.25. The zero-order valence-corrected chi connectivity index (χ0v) is 14.0. The third-order valence-electron chi connectivity index (χ3n) is 3.66. The number of halogens is 1. The Kier molecular flexibility index (Phi) is 3.86. The van der Waals surface area contributed by atoms with Gasteiger partial charge in [0.1, 0.15) is 0 Å². The van der Waals surface area contributed by atoms with Crippen molar-refractivity contribution >= 4 is 11.8 Å². The van der Waals surface area contributed by atoms with Crippen LogP contribution in [0.4, 0.5) is 10.2 Å². The molecule has 0 aliphatic carbocycles. The molecule has 2 aromatic rings. The SMILES string of the molecule is COC(=O)c1nc(-c2ccc3c(c2C)OC(C)(F)O3)nc(N)c1OC. The van der Waals surface area contributed by atoms with Crippen molar-refractivity contribution in [2.45, 2.75) is 19.9 Å². The topological polar surface area (TPSA) is 106 Å². The van der Waals surface area contributed by atoms with Crippen LogP contribution in [0.3, 0.4) is 0 Å². The number of esters is 1. The van der Waals surface area contributed by atoms with Gasteiger partial charge in [-0.15, -0.1) is 0 Å². The van der Waals surface area contributed by atoms with Crippen LogP contribution in [-0.2, 0) is 4.74 Å². The summed E-state index contributed by atoms with van der Waals surface area (Å²) in [6.07, 6.45) is 0. The third-order valence-corrected chi connectivity index (χ3v) is 3.66. The van der Waals surface area contributed by atoms with Crippen LogP contribution >= 0.6 is 0 Å². The Balaban J connectivity index is 2.16. The molecular weight excluding hydrogens is 333 g/mol. The van der Waals surface area contributed by atoms with Crippen molar-refractivity contribution in [3.63, 3.8) is 0 Å². The minimum Gasteiger partial charge on any atom is -0.491 e. The molecule has 0 bridgehead atoms. The van der Waals surface area contributed by atoms with Gasteiger partial charge in [0.05, 0.1) is 14.2 Å². The van der Waals surface area contributed by atoms with Gasteiger partial charge in [-0.05, 0) is 19.1 Å². The molecule has 0 saturated heterocycles. The fraction of sp³-hybridized carbons (Fsp3) is 0.312. The molecule has 0 spiro atoms. The first-order chi connectivity index (χ1) is 11.8. The van der Waals surface area contributed by atoms with E-state index < -0.39 is 12.0 Å². The number of nitrogens with two attached hydrogens (primary N) is 1. The van der Waals surface area contributed by atoms with E-state index in [2.05, 4.69) is 9.97 Å². The van der Waals surface area contributed by atoms with Crippen LogP contribution in [0.25, 0.3) is 11.4 Å². The number of nitrogen functional groups attached to an aromatic ring is 1. The van der Waals surface area contributed by atoms with Crippen molar-refractivity contribution in [2.24, 2.45) is 0 Å². The molecule has 0 fully saturated rings. The zero-order valence-electron chi connectivity index (χ0n) is 14.0. The van der Waals surface area contributed by atoms with E-state index in [1.807, 2.05) is 0 Å². The molecule has 1 unspecified atom stereocenters. The highest BCUT2D eigenvalue weighted by atomic mass is 19.2. The van der Waals surface area contributed by atoms with Crippen LogP contribution in [0.5, 0.6) is 17.2 Å². The molecule has 1 aliphatic rings.